The molecular weight excluding hydrogens is 123 g/mol. The quantitative estimate of drug-likeness (QED) is 0.482. The first kappa shape index (κ1) is 6.39. The van der Waals surface area contributed by atoms with Crippen LogP contribution in [0.3, 0.4) is 0 Å². The fourth-order valence-electron chi connectivity index (χ4n) is 0.835. The summed E-state index contributed by atoms with van der Waals surface area (Å²) in [5.74, 6) is -0.559. The highest BCUT2D eigenvalue weighted by Gasteiger charge is 2.26. The summed E-state index contributed by atoms with van der Waals surface area (Å²) >= 11 is 0. The van der Waals surface area contributed by atoms with Gasteiger partial charge in [-0.15, -0.1) is 0 Å². The van der Waals surface area contributed by atoms with Crippen molar-refractivity contribution in [3.63, 3.8) is 0 Å². The van der Waals surface area contributed by atoms with E-state index in [0.717, 1.165) is 0 Å². The molecule has 3 heteroatoms. The molecule has 2 nitrogen and oxygen atoms in total. The smallest absolute Gasteiger partial charge is 0.167 e. The molecule has 1 aliphatic carbocycles. The number of carbonyl (C=O) groups excluding carboxylic acids is 2. The fourth-order valence-corrected chi connectivity index (χ4v) is 0.835. The number of hydrogen-bond donors (Lipinski definition) is 0. The number of Topliss-reactive ketones (excluding diaryl/α,β-unsaturated/α-hetero) is 2. The molecule has 1 unspecified atom stereocenters. The second kappa shape index (κ2) is 2.25. The van der Waals surface area contributed by atoms with Crippen molar-refractivity contribution in [2.45, 2.75) is 25.4 Å². The number of halogens is 1. The van der Waals surface area contributed by atoms with Gasteiger partial charge in [0.2, 0.25) is 0 Å². The van der Waals surface area contributed by atoms with Gasteiger partial charge >= 0.3 is 0 Å². The monoisotopic (exact) mass is 130 g/mol. The first-order valence-corrected chi connectivity index (χ1v) is 2.88. The largest absolute Gasteiger partial charge is 0.300 e. The van der Waals surface area contributed by atoms with Crippen LogP contribution in [-0.2, 0) is 9.59 Å². The lowest BCUT2D eigenvalue weighted by Crippen LogP contribution is -2.25. The van der Waals surface area contributed by atoms with Crippen LogP contribution in [0.5, 0.6) is 0 Å². The molecule has 0 bridgehead atoms. The summed E-state index contributed by atoms with van der Waals surface area (Å²) in [7, 11) is 0. The average Bonchev–Trinajstić information content (AvgIpc) is 1.80. The lowest BCUT2D eigenvalue weighted by Gasteiger charge is -2.10. The van der Waals surface area contributed by atoms with Gasteiger partial charge in [0.15, 0.2) is 12.0 Å². The lowest BCUT2D eigenvalue weighted by molar-refractivity contribution is -0.133. The Kier molecular flexibility index (Phi) is 1.60. The van der Waals surface area contributed by atoms with Gasteiger partial charge in [-0.1, -0.05) is 0 Å². The maximum atomic E-state index is 12.3. The van der Waals surface area contributed by atoms with Gasteiger partial charge in [0.25, 0.3) is 0 Å². The molecular formula is C6H7FO2. The van der Waals surface area contributed by atoms with E-state index in [0.29, 0.717) is 0 Å². The SMILES string of the molecule is O=C1CCC(=O)C(F)C1. The molecule has 1 fully saturated rings. The maximum Gasteiger partial charge on any atom is 0.167 e. The van der Waals surface area contributed by atoms with Crippen LogP contribution < -0.4 is 0 Å². The standard InChI is InChI=1S/C6H7FO2/c7-5-3-4(8)1-2-6(5)9/h5H,1-3H2. The number of rotatable bonds is 0. The first-order valence-electron chi connectivity index (χ1n) is 2.88. The topological polar surface area (TPSA) is 34.1 Å². The van der Waals surface area contributed by atoms with Crippen molar-refractivity contribution in [1.82, 2.24) is 0 Å². The van der Waals surface area contributed by atoms with Crippen LogP contribution in [0.15, 0.2) is 0 Å². The Morgan fingerprint density at radius 3 is 2.44 bits per heavy atom. The predicted octanol–water partition coefficient (Wildman–Crippen LogP) is 0.647. The average molecular weight is 130 g/mol. The summed E-state index contributed by atoms with van der Waals surface area (Å²) < 4.78 is 12.3. The van der Waals surface area contributed by atoms with Crippen molar-refractivity contribution in [3.8, 4) is 0 Å². The van der Waals surface area contributed by atoms with Gasteiger partial charge < -0.3 is 0 Å². The summed E-state index contributed by atoms with van der Waals surface area (Å²) in [4.78, 5) is 20.8. The Bertz CT molecular complexity index is 153. The van der Waals surface area contributed by atoms with Crippen LogP contribution in [0.2, 0.25) is 0 Å². The van der Waals surface area contributed by atoms with E-state index in [9.17, 15) is 14.0 Å². The normalized spacial score (nSPS) is 28.8. The van der Waals surface area contributed by atoms with Gasteiger partial charge in [-0.2, -0.15) is 0 Å². The number of hydrogen-bond acceptors (Lipinski definition) is 2. The van der Waals surface area contributed by atoms with E-state index < -0.39 is 12.0 Å². The lowest BCUT2D eigenvalue weighted by atomic mass is 9.96. The molecule has 0 aromatic heterocycles. The minimum atomic E-state index is -1.51. The maximum absolute atomic E-state index is 12.3. The van der Waals surface area contributed by atoms with E-state index in [1.807, 2.05) is 0 Å². The van der Waals surface area contributed by atoms with Crippen molar-refractivity contribution in [2.24, 2.45) is 0 Å². The molecule has 0 spiro atoms. The van der Waals surface area contributed by atoms with Gasteiger partial charge in [-0.25, -0.2) is 4.39 Å². The first-order chi connectivity index (χ1) is 4.20. The molecule has 0 aromatic carbocycles. The van der Waals surface area contributed by atoms with E-state index in [1.165, 1.54) is 0 Å². The fraction of sp³-hybridized carbons (Fsp3) is 0.667. The second-order valence-corrected chi connectivity index (χ2v) is 2.18. The highest BCUT2D eigenvalue weighted by Crippen LogP contribution is 2.13. The van der Waals surface area contributed by atoms with Gasteiger partial charge in [-0.05, 0) is 0 Å². The van der Waals surface area contributed by atoms with Crippen LogP contribution in [-0.4, -0.2) is 17.7 Å². The van der Waals surface area contributed by atoms with E-state index >= 15 is 0 Å². The second-order valence-electron chi connectivity index (χ2n) is 2.18. The highest BCUT2D eigenvalue weighted by molar-refractivity contribution is 5.95. The van der Waals surface area contributed by atoms with Crippen LogP contribution in [0, 0.1) is 0 Å². The van der Waals surface area contributed by atoms with Crippen LogP contribution >= 0.6 is 0 Å². The Morgan fingerprint density at radius 2 is 2.00 bits per heavy atom. The Labute approximate surface area is 52.0 Å². The third-order valence-electron chi connectivity index (χ3n) is 1.41. The molecule has 9 heavy (non-hydrogen) atoms. The molecule has 0 radical (unpaired) electrons. The van der Waals surface area contributed by atoms with Gasteiger partial charge in [-0.3, -0.25) is 9.59 Å². The summed E-state index contributed by atoms with van der Waals surface area (Å²) in [6.45, 7) is 0. The summed E-state index contributed by atoms with van der Waals surface area (Å²) in [5.41, 5.74) is 0. The van der Waals surface area contributed by atoms with Gasteiger partial charge in [0.05, 0.1) is 0 Å². The molecule has 1 saturated carbocycles. The third kappa shape index (κ3) is 1.34. The highest BCUT2D eigenvalue weighted by atomic mass is 19.1. The van der Waals surface area contributed by atoms with Crippen LogP contribution in [0.25, 0.3) is 0 Å². The van der Waals surface area contributed by atoms with E-state index in [-0.39, 0.29) is 25.0 Å². The van der Waals surface area contributed by atoms with Crippen molar-refractivity contribution >= 4 is 11.6 Å². The van der Waals surface area contributed by atoms with Crippen LogP contribution in [0.4, 0.5) is 4.39 Å². The van der Waals surface area contributed by atoms with Gasteiger partial charge in [0, 0.05) is 19.3 Å². The molecule has 0 heterocycles. The number of ketones is 2. The van der Waals surface area contributed by atoms with Crippen LogP contribution in [0.1, 0.15) is 19.3 Å². The molecule has 0 aromatic rings. The summed E-state index contributed by atoms with van der Waals surface area (Å²) in [6.07, 6.45) is -1.37. The molecule has 50 valence electrons. The zero-order chi connectivity index (χ0) is 6.85. The van der Waals surface area contributed by atoms with E-state index in [2.05, 4.69) is 0 Å². The zero-order valence-electron chi connectivity index (χ0n) is 4.89. The van der Waals surface area contributed by atoms with E-state index in [1.54, 1.807) is 0 Å². The Balaban J connectivity index is 2.54. The molecule has 0 amide bonds. The number of carbonyl (C=O) groups is 2. The minimum absolute atomic E-state index is 0.0972. The minimum Gasteiger partial charge on any atom is -0.300 e. The predicted molar refractivity (Wildman–Crippen MR) is 28.8 cm³/mol. The Hall–Kier alpha value is -0.730. The van der Waals surface area contributed by atoms with Crippen molar-refractivity contribution in [1.29, 1.82) is 0 Å². The molecule has 1 rings (SSSR count). The molecule has 0 saturated heterocycles. The molecule has 0 aliphatic heterocycles. The molecule has 1 aliphatic rings. The third-order valence-corrected chi connectivity index (χ3v) is 1.41. The van der Waals surface area contributed by atoms with Crippen molar-refractivity contribution in [3.05, 3.63) is 0 Å². The Morgan fingerprint density at radius 1 is 1.33 bits per heavy atom. The zero-order valence-corrected chi connectivity index (χ0v) is 4.89. The van der Waals surface area contributed by atoms with Crippen molar-refractivity contribution in [2.75, 3.05) is 0 Å². The van der Waals surface area contributed by atoms with E-state index in [4.69, 9.17) is 0 Å². The summed E-state index contributed by atoms with van der Waals surface area (Å²) in [6, 6.07) is 0. The van der Waals surface area contributed by atoms with Gasteiger partial charge in [0.1, 0.15) is 5.78 Å². The van der Waals surface area contributed by atoms with Crippen molar-refractivity contribution < 1.29 is 14.0 Å². The molecule has 0 N–H and O–H groups in total. The summed E-state index contributed by atoms with van der Waals surface area (Å²) in [5, 5.41) is 0. The number of alkyl halides is 1. The molecule has 1 atom stereocenters.